The van der Waals surface area contributed by atoms with Crippen molar-refractivity contribution in [3.8, 4) is 0 Å². The zero-order valence-corrected chi connectivity index (χ0v) is 17.5. The average Bonchev–Trinajstić information content (AvgIpc) is 2.74. The van der Waals surface area contributed by atoms with Crippen molar-refractivity contribution >= 4 is 27.5 Å². The SMILES string of the molecule is Cc1ccnc(Nc2cc(N3CCN(S(=O)(=O)c4c(F)cccc4F)CC3)ncn2)c1. The first kappa shape index (κ1) is 21.1. The van der Waals surface area contributed by atoms with Gasteiger partial charge in [-0.05, 0) is 36.8 Å². The third-order valence-corrected chi connectivity index (χ3v) is 6.85. The van der Waals surface area contributed by atoms with E-state index in [-0.39, 0.29) is 13.1 Å². The monoisotopic (exact) mass is 446 g/mol. The molecule has 3 heterocycles. The summed E-state index contributed by atoms with van der Waals surface area (Å²) in [7, 11) is -4.28. The highest BCUT2D eigenvalue weighted by Gasteiger charge is 2.33. The van der Waals surface area contributed by atoms with Crippen LogP contribution in [0.5, 0.6) is 0 Å². The molecule has 0 bridgehead atoms. The molecule has 1 fully saturated rings. The van der Waals surface area contributed by atoms with Crippen molar-refractivity contribution in [1.82, 2.24) is 19.3 Å². The molecule has 0 atom stereocenters. The van der Waals surface area contributed by atoms with Crippen molar-refractivity contribution in [3.63, 3.8) is 0 Å². The summed E-state index contributed by atoms with van der Waals surface area (Å²) in [6.07, 6.45) is 3.10. The zero-order chi connectivity index (χ0) is 22.0. The second-order valence-electron chi connectivity index (χ2n) is 7.05. The lowest BCUT2D eigenvalue weighted by molar-refractivity contribution is 0.377. The van der Waals surface area contributed by atoms with Crippen LogP contribution >= 0.6 is 0 Å². The Bertz CT molecular complexity index is 1180. The van der Waals surface area contributed by atoms with E-state index >= 15 is 0 Å². The molecular weight excluding hydrogens is 426 g/mol. The third kappa shape index (κ3) is 4.47. The maximum atomic E-state index is 14.0. The number of benzene rings is 1. The van der Waals surface area contributed by atoms with Crippen LogP contribution in [0.3, 0.4) is 0 Å². The Balaban J connectivity index is 1.47. The molecule has 1 N–H and O–H groups in total. The number of sulfonamides is 1. The predicted molar refractivity (Wildman–Crippen MR) is 112 cm³/mol. The van der Waals surface area contributed by atoms with Gasteiger partial charge >= 0.3 is 0 Å². The number of halogens is 2. The molecular formula is C20H20F2N6O2S. The summed E-state index contributed by atoms with van der Waals surface area (Å²) in [5, 5.41) is 3.11. The summed E-state index contributed by atoms with van der Waals surface area (Å²) in [6, 6.07) is 8.51. The minimum absolute atomic E-state index is 0.0717. The van der Waals surface area contributed by atoms with E-state index in [0.29, 0.717) is 30.5 Å². The van der Waals surface area contributed by atoms with Gasteiger partial charge in [0.15, 0.2) is 4.90 Å². The van der Waals surface area contributed by atoms with Crippen molar-refractivity contribution < 1.29 is 17.2 Å². The van der Waals surface area contributed by atoms with Crippen LogP contribution in [0, 0.1) is 18.6 Å². The van der Waals surface area contributed by atoms with Gasteiger partial charge in [-0.1, -0.05) is 6.07 Å². The summed E-state index contributed by atoms with van der Waals surface area (Å²) in [5.41, 5.74) is 1.05. The number of hydrogen-bond donors (Lipinski definition) is 1. The number of anilines is 3. The van der Waals surface area contributed by atoms with Crippen LogP contribution in [0.15, 0.2) is 53.8 Å². The van der Waals surface area contributed by atoms with Crippen molar-refractivity contribution in [1.29, 1.82) is 0 Å². The summed E-state index contributed by atoms with van der Waals surface area (Å²) >= 11 is 0. The second kappa shape index (κ2) is 8.52. The number of rotatable bonds is 5. The number of pyridine rings is 1. The molecule has 1 saturated heterocycles. The Labute approximate surface area is 178 Å². The van der Waals surface area contributed by atoms with E-state index in [0.717, 1.165) is 28.1 Å². The van der Waals surface area contributed by atoms with Crippen molar-refractivity contribution in [2.75, 3.05) is 36.4 Å². The minimum atomic E-state index is -4.28. The highest BCUT2D eigenvalue weighted by atomic mass is 32.2. The summed E-state index contributed by atoms with van der Waals surface area (Å²) in [5.74, 6) is -0.393. The van der Waals surface area contributed by atoms with Crippen LogP contribution in [0.4, 0.5) is 26.2 Å². The lowest BCUT2D eigenvalue weighted by Gasteiger charge is -2.34. The Morgan fingerprint density at radius 2 is 1.61 bits per heavy atom. The van der Waals surface area contributed by atoms with Gasteiger partial charge in [0.05, 0.1) is 0 Å². The van der Waals surface area contributed by atoms with Gasteiger partial charge in [0.25, 0.3) is 0 Å². The summed E-state index contributed by atoms with van der Waals surface area (Å²) < 4.78 is 54.6. The molecule has 0 amide bonds. The fourth-order valence-electron chi connectivity index (χ4n) is 3.34. The van der Waals surface area contributed by atoms with E-state index in [4.69, 9.17) is 0 Å². The molecule has 31 heavy (non-hydrogen) atoms. The molecule has 3 aromatic rings. The number of hydrogen-bond acceptors (Lipinski definition) is 7. The third-order valence-electron chi connectivity index (χ3n) is 4.90. The first-order valence-corrected chi connectivity index (χ1v) is 11.0. The van der Waals surface area contributed by atoms with Gasteiger partial charge in [-0.25, -0.2) is 32.2 Å². The lowest BCUT2D eigenvalue weighted by atomic mass is 10.3. The molecule has 11 heteroatoms. The molecule has 162 valence electrons. The summed E-state index contributed by atoms with van der Waals surface area (Å²) in [4.78, 5) is 13.7. The first-order valence-electron chi connectivity index (χ1n) is 9.55. The van der Waals surface area contributed by atoms with E-state index in [9.17, 15) is 17.2 Å². The highest BCUT2D eigenvalue weighted by Crippen LogP contribution is 2.25. The van der Waals surface area contributed by atoms with Crippen LogP contribution in [0.25, 0.3) is 0 Å². The molecule has 0 aliphatic carbocycles. The Morgan fingerprint density at radius 1 is 0.935 bits per heavy atom. The van der Waals surface area contributed by atoms with Gasteiger partial charge in [-0.3, -0.25) is 0 Å². The van der Waals surface area contributed by atoms with Crippen LogP contribution in [0.1, 0.15) is 5.56 Å². The second-order valence-corrected chi connectivity index (χ2v) is 8.92. The van der Waals surface area contributed by atoms with Gasteiger partial charge in [0, 0.05) is 38.4 Å². The average molecular weight is 446 g/mol. The smallest absolute Gasteiger partial charge is 0.249 e. The number of piperazine rings is 1. The summed E-state index contributed by atoms with van der Waals surface area (Å²) in [6.45, 7) is 2.73. The molecule has 0 unspecified atom stereocenters. The number of nitrogens with one attached hydrogen (secondary N) is 1. The van der Waals surface area contributed by atoms with Gasteiger partial charge < -0.3 is 10.2 Å². The van der Waals surface area contributed by atoms with E-state index in [1.165, 1.54) is 6.33 Å². The molecule has 8 nitrogen and oxygen atoms in total. The molecule has 0 radical (unpaired) electrons. The highest BCUT2D eigenvalue weighted by molar-refractivity contribution is 7.89. The maximum Gasteiger partial charge on any atom is 0.249 e. The fraction of sp³-hybridized carbons (Fsp3) is 0.250. The molecule has 1 aromatic carbocycles. The zero-order valence-electron chi connectivity index (χ0n) is 16.7. The Morgan fingerprint density at radius 3 is 2.29 bits per heavy atom. The lowest BCUT2D eigenvalue weighted by Crippen LogP contribution is -2.49. The van der Waals surface area contributed by atoms with Gasteiger partial charge in [0.2, 0.25) is 10.0 Å². The Kier molecular flexibility index (Phi) is 5.79. The Hall–Kier alpha value is -3.18. The largest absolute Gasteiger partial charge is 0.354 e. The van der Waals surface area contributed by atoms with Gasteiger partial charge in [-0.15, -0.1) is 0 Å². The molecule has 1 aliphatic rings. The van der Waals surface area contributed by atoms with Crippen LogP contribution < -0.4 is 10.2 Å². The number of aromatic nitrogens is 3. The van der Waals surface area contributed by atoms with Crippen LogP contribution in [-0.2, 0) is 10.0 Å². The maximum absolute atomic E-state index is 14.0. The quantitative estimate of drug-likeness (QED) is 0.644. The topological polar surface area (TPSA) is 91.3 Å². The molecule has 0 spiro atoms. The van der Waals surface area contributed by atoms with Crippen molar-refractivity contribution in [2.24, 2.45) is 0 Å². The first-order chi connectivity index (χ1) is 14.8. The van der Waals surface area contributed by atoms with E-state index in [2.05, 4.69) is 20.3 Å². The van der Waals surface area contributed by atoms with Crippen molar-refractivity contribution in [3.05, 3.63) is 66.1 Å². The van der Waals surface area contributed by atoms with E-state index < -0.39 is 26.6 Å². The fourth-order valence-corrected chi connectivity index (χ4v) is 4.87. The van der Waals surface area contributed by atoms with Crippen LogP contribution in [-0.4, -0.2) is 53.9 Å². The van der Waals surface area contributed by atoms with Crippen molar-refractivity contribution in [2.45, 2.75) is 11.8 Å². The number of nitrogens with zero attached hydrogens (tertiary/aromatic N) is 5. The van der Waals surface area contributed by atoms with Gasteiger partial charge in [-0.2, -0.15) is 4.31 Å². The molecule has 2 aromatic heterocycles. The predicted octanol–water partition coefficient (Wildman–Crippen LogP) is 2.71. The van der Waals surface area contributed by atoms with Gasteiger partial charge in [0.1, 0.15) is 35.4 Å². The molecule has 4 rings (SSSR count). The van der Waals surface area contributed by atoms with E-state index in [1.807, 2.05) is 24.0 Å². The van der Waals surface area contributed by atoms with Crippen LogP contribution in [0.2, 0.25) is 0 Å². The minimum Gasteiger partial charge on any atom is -0.354 e. The number of aryl methyl sites for hydroxylation is 1. The standard InChI is InChI=1S/C20H20F2N6O2S/c1-14-5-6-23-17(11-14)26-18-12-19(25-13-24-18)27-7-9-28(10-8-27)31(29,30)20-15(21)3-2-4-16(20)22/h2-6,11-13H,7-10H2,1H3,(H,23,24,25,26). The molecule has 1 aliphatic heterocycles. The molecule has 0 saturated carbocycles. The van der Waals surface area contributed by atoms with E-state index in [1.54, 1.807) is 12.3 Å². The normalized spacial score (nSPS) is 15.1.